The first kappa shape index (κ1) is 22.3. The Morgan fingerprint density at radius 1 is 1.09 bits per heavy atom. The van der Waals surface area contributed by atoms with Gasteiger partial charge < -0.3 is 14.7 Å². The van der Waals surface area contributed by atoms with Crippen molar-refractivity contribution in [3.8, 4) is 11.5 Å². The molecule has 0 radical (unpaired) electrons. The second-order valence-electron chi connectivity index (χ2n) is 8.60. The quantitative estimate of drug-likeness (QED) is 0.425. The van der Waals surface area contributed by atoms with Crippen molar-refractivity contribution in [2.24, 2.45) is 0 Å². The number of amides is 1. The fourth-order valence-electron chi connectivity index (χ4n) is 4.41. The fraction of sp³-hybridized carbons (Fsp3) is 0.320. The van der Waals surface area contributed by atoms with Crippen molar-refractivity contribution in [3.05, 3.63) is 75.6 Å². The van der Waals surface area contributed by atoms with Crippen molar-refractivity contribution >= 4 is 28.4 Å². The topological polar surface area (TPSA) is 114 Å². The molecule has 1 amide bonds. The van der Waals surface area contributed by atoms with Crippen LogP contribution in [0.4, 0.5) is 0 Å². The molecule has 0 atom stereocenters. The van der Waals surface area contributed by atoms with E-state index in [0.29, 0.717) is 40.0 Å². The first-order valence-corrected chi connectivity index (χ1v) is 11.8. The average molecular weight is 478 g/mol. The minimum Gasteiger partial charge on any atom is -0.420 e. The van der Waals surface area contributed by atoms with Crippen LogP contribution in [0.15, 0.2) is 57.7 Å². The zero-order valence-corrected chi connectivity index (χ0v) is 19.2. The van der Waals surface area contributed by atoms with Gasteiger partial charge in [-0.05, 0) is 56.0 Å². The van der Waals surface area contributed by atoms with Gasteiger partial charge in [0, 0.05) is 35.4 Å². The Labute approximate surface area is 200 Å². The van der Waals surface area contributed by atoms with Crippen molar-refractivity contribution in [1.29, 1.82) is 0 Å². The molecule has 2 N–H and O–H groups in total. The van der Waals surface area contributed by atoms with Crippen LogP contribution in [-0.2, 0) is 11.2 Å². The molecule has 4 aromatic rings. The smallest absolute Gasteiger partial charge is 0.258 e. The summed E-state index contributed by atoms with van der Waals surface area (Å²) in [6.07, 6.45) is 4.07. The predicted molar refractivity (Wildman–Crippen MR) is 129 cm³/mol. The standard InChI is InChI=1S/C25H24ClN5O3/c26-17-5-3-4-16(14-17)25-31-30-24(34-25)15-8-10-18(11-9-15)27-22(32)13-12-21-28-20-7-2-1-6-19(20)23(33)29-21/h1-7,14-15,18H,8-13H2,(H,27,32)(H,28,29,33). The molecule has 174 valence electrons. The number of para-hydroxylation sites is 1. The van der Waals surface area contributed by atoms with Gasteiger partial charge in [-0.1, -0.05) is 29.8 Å². The number of H-pyrrole nitrogens is 1. The van der Waals surface area contributed by atoms with Crippen LogP contribution in [0.5, 0.6) is 0 Å². The maximum Gasteiger partial charge on any atom is 0.258 e. The molecule has 0 spiro atoms. The molecule has 2 heterocycles. The minimum atomic E-state index is -0.182. The Morgan fingerprint density at radius 2 is 1.91 bits per heavy atom. The molecule has 5 rings (SSSR count). The van der Waals surface area contributed by atoms with Gasteiger partial charge in [-0.3, -0.25) is 9.59 Å². The number of rotatable bonds is 6. The normalized spacial score (nSPS) is 18.1. The van der Waals surface area contributed by atoms with Crippen LogP contribution in [0, 0.1) is 0 Å². The average Bonchev–Trinajstić information content (AvgIpc) is 3.34. The van der Waals surface area contributed by atoms with Gasteiger partial charge in [-0.2, -0.15) is 0 Å². The summed E-state index contributed by atoms with van der Waals surface area (Å²) >= 11 is 6.05. The van der Waals surface area contributed by atoms with Gasteiger partial charge in [0.1, 0.15) is 5.82 Å². The number of carbonyl (C=O) groups is 1. The number of aromatic nitrogens is 4. The summed E-state index contributed by atoms with van der Waals surface area (Å²) in [5.41, 5.74) is 1.26. The predicted octanol–water partition coefficient (Wildman–Crippen LogP) is 4.40. The monoisotopic (exact) mass is 477 g/mol. The lowest BCUT2D eigenvalue weighted by molar-refractivity contribution is -0.122. The first-order chi connectivity index (χ1) is 16.5. The molecule has 8 nitrogen and oxygen atoms in total. The van der Waals surface area contributed by atoms with Crippen molar-refractivity contribution in [2.45, 2.75) is 50.5 Å². The van der Waals surface area contributed by atoms with Gasteiger partial charge >= 0.3 is 0 Å². The number of hydrogen-bond donors (Lipinski definition) is 2. The van der Waals surface area contributed by atoms with E-state index < -0.39 is 0 Å². The number of aryl methyl sites for hydroxylation is 1. The highest BCUT2D eigenvalue weighted by atomic mass is 35.5. The highest BCUT2D eigenvalue weighted by Crippen LogP contribution is 2.33. The van der Waals surface area contributed by atoms with E-state index >= 15 is 0 Å². The molecule has 2 aromatic carbocycles. The van der Waals surface area contributed by atoms with Crippen molar-refractivity contribution in [1.82, 2.24) is 25.5 Å². The van der Waals surface area contributed by atoms with E-state index in [9.17, 15) is 9.59 Å². The number of carbonyl (C=O) groups excluding carboxylic acids is 1. The Bertz CT molecular complexity index is 1370. The SMILES string of the molecule is O=C(CCc1nc2ccccc2c(=O)[nH]1)NC1CCC(c2nnc(-c3cccc(Cl)c3)o2)CC1. The number of fused-ring (bicyclic) bond motifs is 1. The summed E-state index contributed by atoms with van der Waals surface area (Å²) in [6.45, 7) is 0. The number of hydrogen-bond acceptors (Lipinski definition) is 6. The molecule has 1 saturated carbocycles. The second kappa shape index (κ2) is 9.77. The molecule has 9 heteroatoms. The Morgan fingerprint density at radius 3 is 2.74 bits per heavy atom. The van der Waals surface area contributed by atoms with Crippen molar-refractivity contribution in [3.63, 3.8) is 0 Å². The first-order valence-electron chi connectivity index (χ1n) is 11.4. The number of halogens is 1. The molecule has 0 bridgehead atoms. The Hall–Kier alpha value is -3.52. The van der Waals surface area contributed by atoms with Gasteiger partial charge in [0.25, 0.3) is 5.56 Å². The lowest BCUT2D eigenvalue weighted by atomic mass is 9.86. The molecule has 0 unspecified atom stereocenters. The van der Waals surface area contributed by atoms with Gasteiger partial charge in [0.2, 0.25) is 17.7 Å². The summed E-state index contributed by atoms with van der Waals surface area (Å²) in [5.74, 6) is 1.76. The molecular formula is C25H24ClN5O3. The fourth-order valence-corrected chi connectivity index (χ4v) is 4.60. The number of benzene rings is 2. The highest BCUT2D eigenvalue weighted by molar-refractivity contribution is 6.30. The van der Waals surface area contributed by atoms with E-state index in [1.165, 1.54) is 0 Å². The van der Waals surface area contributed by atoms with E-state index in [0.717, 1.165) is 31.2 Å². The number of nitrogens with zero attached hydrogens (tertiary/aromatic N) is 3. The largest absolute Gasteiger partial charge is 0.420 e. The maximum atomic E-state index is 12.5. The summed E-state index contributed by atoms with van der Waals surface area (Å²) in [5, 5.41) is 12.7. The molecular weight excluding hydrogens is 454 g/mol. The van der Waals surface area contributed by atoms with Crippen LogP contribution in [0.2, 0.25) is 5.02 Å². The van der Waals surface area contributed by atoms with E-state index in [-0.39, 0.29) is 29.8 Å². The third kappa shape index (κ3) is 5.02. The Balaban J connectivity index is 1.12. The zero-order chi connectivity index (χ0) is 23.5. The van der Waals surface area contributed by atoms with Crippen LogP contribution in [-0.4, -0.2) is 32.1 Å². The van der Waals surface area contributed by atoms with E-state index in [1.54, 1.807) is 30.3 Å². The molecule has 0 saturated heterocycles. The molecule has 0 aliphatic heterocycles. The lowest BCUT2D eigenvalue weighted by Crippen LogP contribution is -2.37. The van der Waals surface area contributed by atoms with Crippen LogP contribution >= 0.6 is 11.6 Å². The van der Waals surface area contributed by atoms with E-state index in [4.69, 9.17) is 16.0 Å². The van der Waals surface area contributed by atoms with E-state index in [2.05, 4.69) is 25.5 Å². The molecule has 1 aliphatic rings. The van der Waals surface area contributed by atoms with E-state index in [1.807, 2.05) is 18.2 Å². The van der Waals surface area contributed by atoms with Gasteiger partial charge in [0.05, 0.1) is 10.9 Å². The number of nitrogens with one attached hydrogen (secondary N) is 2. The minimum absolute atomic E-state index is 0.0414. The third-order valence-electron chi connectivity index (χ3n) is 6.20. The van der Waals surface area contributed by atoms with Crippen molar-refractivity contribution in [2.75, 3.05) is 0 Å². The van der Waals surface area contributed by atoms with Crippen LogP contribution in [0.25, 0.3) is 22.4 Å². The lowest BCUT2D eigenvalue weighted by Gasteiger charge is -2.27. The summed E-state index contributed by atoms with van der Waals surface area (Å²) < 4.78 is 5.90. The van der Waals surface area contributed by atoms with Crippen LogP contribution < -0.4 is 10.9 Å². The number of aromatic amines is 1. The molecule has 1 aliphatic carbocycles. The highest BCUT2D eigenvalue weighted by Gasteiger charge is 2.27. The summed E-state index contributed by atoms with van der Waals surface area (Å²) in [6, 6.07) is 14.6. The Kier molecular flexibility index (Phi) is 6.40. The van der Waals surface area contributed by atoms with Crippen molar-refractivity contribution < 1.29 is 9.21 Å². The van der Waals surface area contributed by atoms with Gasteiger partial charge in [-0.25, -0.2) is 4.98 Å². The van der Waals surface area contributed by atoms with Crippen LogP contribution in [0.3, 0.4) is 0 Å². The van der Waals surface area contributed by atoms with Gasteiger partial charge in [-0.15, -0.1) is 10.2 Å². The van der Waals surface area contributed by atoms with Crippen LogP contribution in [0.1, 0.15) is 49.7 Å². The second-order valence-corrected chi connectivity index (χ2v) is 9.04. The maximum absolute atomic E-state index is 12.5. The third-order valence-corrected chi connectivity index (χ3v) is 6.44. The van der Waals surface area contributed by atoms with Gasteiger partial charge in [0.15, 0.2) is 0 Å². The zero-order valence-electron chi connectivity index (χ0n) is 18.5. The summed E-state index contributed by atoms with van der Waals surface area (Å²) in [7, 11) is 0. The molecule has 34 heavy (non-hydrogen) atoms. The molecule has 1 fully saturated rings. The summed E-state index contributed by atoms with van der Waals surface area (Å²) in [4.78, 5) is 31.9. The molecule has 2 aromatic heterocycles.